The summed E-state index contributed by atoms with van der Waals surface area (Å²) in [6, 6.07) is 4.50. The van der Waals surface area contributed by atoms with E-state index in [0.717, 1.165) is 6.54 Å². The third kappa shape index (κ3) is 3.25. The highest BCUT2D eigenvalue weighted by molar-refractivity contribution is 5.97. The molecule has 1 aromatic carbocycles. The van der Waals surface area contributed by atoms with Crippen molar-refractivity contribution >= 4 is 5.91 Å². The van der Waals surface area contributed by atoms with Crippen LogP contribution in [0.25, 0.3) is 0 Å². The summed E-state index contributed by atoms with van der Waals surface area (Å²) in [6.45, 7) is 5.47. The Hall–Kier alpha value is -1.58. The first kappa shape index (κ1) is 13.8. The molecule has 3 nitrogen and oxygen atoms in total. The lowest BCUT2D eigenvalue weighted by molar-refractivity contribution is 0.0751. The fourth-order valence-electron chi connectivity index (χ4n) is 2.11. The van der Waals surface area contributed by atoms with Gasteiger partial charge in [-0.15, -0.1) is 0 Å². The molecule has 1 aromatic rings. The fourth-order valence-corrected chi connectivity index (χ4v) is 2.11. The van der Waals surface area contributed by atoms with Crippen molar-refractivity contribution in [1.29, 1.82) is 0 Å². The lowest BCUT2D eigenvalue weighted by atomic mass is 10.1. The van der Waals surface area contributed by atoms with Crippen molar-refractivity contribution in [3.63, 3.8) is 0 Å². The Kier molecular flexibility index (Phi) is 4.40. The van der Waals surface area contributed by atoms with Gasteiger partial charge in [-0.2, -0.15) is 0 Å². The standard InChI is InChI=1S/C15H20FNO2/c1-3-17(10-11-8-9-11)15(18)12-6-5-7-13(16)14(12)19-4-2/h5-7,11H,3-4,8-10H2,1-2H3. The summed E-state index contributed by atoms with van der Waals surface area (Å²) in [5, 5.41) is 0. The Bertz CT molecular complexity index is 457. The molecule has 0 radical (unpaired) electrons. The van der Waals surface area contributed by atoms with Crippen molar-refractivity contribution in [3.05, 3.63) is 29.6 Å². The first-order chi connectivity index (χ1) is 9.17. The first-order valence-corrected chi connectivity index (χ1v) is 6.87. The van der Waals surface area contributed by atoms with Crippen LogP contribution in [0.1, 0.15) is 37.0 Å². The number of carbonyl (C=O) groups is 1. The molecule has 0 aromatic heterocycles. The molecule has 0 N–H and O–H groups in total. The van der Waals surface area contributed by atoms with Gasteiger partial charge in [-0.05, 0) is 44.7 Å². The van der Waals surface area contributed by atoms with Gasteiger partial charge in [0.25, 0.3) is 5.91 Å². The summed E-state index contributed by atoms with van der Waals surface area (Å²) < 4.78 is 19.0. The molecule has 104 valence electrons. The van der Waals surface area contributed by atoms with Crippen LogP contribution in [-0.2, 0) is 0 Å². The van der Waals surface area contributed by atoms with Gasteiger partial charge in [0.15, 0.2) is 11.6 Å². The summed E-state index contributed by atoms with van der Waals surface area (Å²) in [5.74, 6) is 0.0739. The molecular weight excluding hydrogens is 245 g/mol. The number of para-hydroxylation sites is 1. The smallest absolute Gasteiger partial charge is 0.257 e. The zero-order valence-corrected chi connectivity index (χ0v) is 11.5. The molecule has 0 aliphatic heterocycles. The Labute approximate surface area is 113 Å². The van der Waals surface area contributed by atoms with E-state index >= 15 is 0 Å². The molecule has 0 bridgehead atoms. The van der Waals surface area contributed by atoms with Crippen molar-refractivity contribution in [2.75, 3.05) is 19.7 Å². The Morgan fingerprint density at radius 3 is 2.74 bits per heavy atom. The summed E-state index contributed by atoms with van der Waals surface area (Å²) in [5.41, 5.74) is 0.323. The summed E-state index contributed by atoms with van der Waals surface area (Å²) in [7, 11) is 0. The largest absolute Gasteiger partial charge is 0.490 e. The van der Waals surface area contributed by atoms with E-state index in [-0.39, 0.29) is 11.7 Å². The zero-order chi connectivity index (χ0) is 13.8. The molecule has 1 aliphatic carbocycles. The van der Waals surface area contributed by atoms with Gasteiger partial charge in [0, 0.05) is 13.1 Å². The van der Waals surface area contributed by atoms with Crippen LogP contribution in [0.2, 0.25) is 0 Å². The van der Waals surface area contributed by atoms with Crippen LogP contribution in [-0.4, -0.2) is 30.5 Å². The van der Waals surface area contributed by atoms with E-state index in [1.165, 1.54) is 18.9 Å². The molecule has 4 heteroatoms. The highest BCUT2D eigenvalue weighted by atomic mass is 19.1. The van der Waals surface area contributed by atoms with Crippen LogP contribution in [0.4, 0.5) is 4.39 Å². The van der Waals surface area contributed by atoms with Crippen LogP contribution in [0.5, 0.6) is 5.75 Å². The van der Waals surface area contributed by atoms with Crippen molar-refractivity contribution in [3.8, 4) is 5.75 Å². The number of carbonyl (C=O) groups excluding carboxylic acids is 1. The summed E-state index contributed by atoms with van der Waals surface area (Å²) in [6.07, 6.45) is 2.37. The molecule has 0 unspecified atom stereocenters. The maximum absolute atomic E-state index is 13.7. The second-order valence-electron chi connectivity index (χ2n) is 4.84. The second kappa shape index (κ2) is 6.04. The molecule has 1 fully saturated rings. The number of hydrogen-bond acceptors (Lipinski definition) is 2. The molecule has 1 aliphatic rings. The van der Waals surface area contributed by atoms with Crippen molar-refractivity contribution in [1.82, 2.24) is 4.90 Å². The zero-order valence-electron chi connectivity index (χ0n) is 11.5. The van der Waals surface area contributed by atoms with E-state index in [1.54, 1.807) is 24.0 Å². The topological polar surface area (TPSA) is 29.5 Å². The molecule has 0 atom stereocenters. The van der Waals surface area contributed by atoms with E-state index < -0.39 is 5.82 Å². The number of hydrogen-bond donors (Lipinski definition) is 0. The fraction of sp³-hybridized carbons (Fsp3) is 0.533. The number of rotatable bonds is 6. The van der Waals surface area contributed by atoms with Gasteiger partial charge in [-0.3, -0.25) is 4.79 Å². The summed E-state index contributed by atoms with van der Waals surface area (Å²) >= 11 is 0. The highest BCUT2D eigenvalue weighted by Gasteiger charge is 2.28. The normalized spacial score (nSPS) is 14.3. The maximum Gasteiger partial charge on any atom is 0.257 e. The molecular formula is C15H20FNO2. The lowest BCUT2D eigenvalue weighted by Crippen LogP contribution is -2.33. The van der Waals surface area contributed by atoms with Gasteiger partial charge in [-0.25, -0.2) is 4.39 Å². The quantitative estimate of drug-likeness (QED) is 0.791. The predicted molar refractivity (Wildman–Crippen MR) is 71.9 cm³/mol. The highest BCUT2D eigenvalue weighted by Crippen LogP contribution is 2.31. The SMILES string of the molecule is CCOc1c(F)cccc1C(=O)N(CC)CC1CC1. The molecule has 0 saturated heterocycles. The number of halogens is 1. The van der Waals surface area contributed by atoms with Crippen LogP contribution in [0.3, 0.4) is 0 Å². The van der Waals surface area contributed by atoms with Gasteiger partial charge in [-0.1, -0.05) is 6.07 Å². The first-order valence-electron chi connectivity index (χ1n) is 6.87. The van der Waals surface area contributed by atoms with Gasteiger partial charge in [0.1, 0.15) is 0 Å². The molecule has 0 spiro atoms. The predicted octanol–water partition coefficient (Wildman–Crippen LogP) is 3.10. The molecule has 0 heterocycles. The van der Waals surface area contributed by atoms with Crippen LogP contribution < -0.4 is 4.74 Å². The minimum Gasteiger partial charge on any atom is -0.490 e. The third-order valence-electron chi connectivity index (χ3n) is 3.33. The molecule has 2 rings (SSSR count). The average molecular weight is 265 g/mol. The van der Waals surface area contributed by atoms with Gasteiger partial charge in [0.05, 0.1) is 12.2 Å². The van der Waals surface area contributed by atoms with Gasteiger partial charge < -0.3 is 9.64 Å². The van der Waals surface area contributed by atoms with Crippen LogP contribution in [0.15, 0.2) is 18.2 Å². The molecule has 1 amide bonds. The molecule has 19 heavy (non-hydrogen) atoms. The average Bonchev–Trinajstić information content (AvgIpc) is 3.22. The number of ether oxygens (including phenoxy) is 1. The van der Waals surface area contributed by atoms with Gasteiger partial charge >= 0.3 is 0 Å². The minimum atomic E-state index is -0.477. The van der Waals surface area contributed by atoms with Crippen molar-refractivity contribution in [2.45, 2.75) is 26.7 Å². The van der Waals surface area contributed by atoms with E-state index in [9.17, 15) is 9.18 Å². The van der Waals surface area contributed by atoms with Crippen LogP contribution in [0, 0.1) is 11.7 Å². The maximum atomic E-state index is 13.7. The monoisotopic (exact) mass is 265 g/mol. The Morgan fingerprint density at radius 1 is 1.42 bits per heavy atom. The van der Waals surface area contributed by atoms with E-state index in [1.807, 2.05) is 6.92 Å². The number of nitrogens with zero attached hydrogens (tertiary/aromatic N) is 1. The van der Waals surface area contributed by atoms with E-state index in [4.69, 9.17) is 4.74 Å². The second-order valence-corrected chi connectivity index (χ2v) is 4.84. The Morgan fingerprint density at radius 2 is 2.16 bits per heavy atom. The number of benzene rings is 1. The van der Waals surface area contributed by atoms with Crippen molar-refractivity contribution < 1.29 is 13.9 Å². The Balaban J connectivity index is 2.22. The van der Waals surface area contributed by atoms with Crippen LogP contribution >= 0.6 is 0 Å². The minimum absolute atomic E-state index is 0.0734. The van der Waals surface area contributed by atoms with Crippen molar-refractivity contribution in [2.24, 2.45) is 5.92 Å². The summed E-state index contributed by atoms with van der Waals surface area (Å²) in [4.78, 5) is 14.2. The third-order valence-corrected chi connectivity index (χ3v) is 3.33. The van der Waals surface area contributed by atoms with E-state index in [0.29, 0.717) is 24.6 Å². The van der Waals surface area contributed by atoms with Gasteiger partial charge in [0.2, 0.25) is 0 Å². The number of amides is 1. The van der Waals surface area contributed by atoms with E-state index in [2.05, 4.69) is 0 Å². The lowest BCUT2D eigenvalue weighted by Gasteiger charge is -2.22. The molecule has 1 saturated carbocycles.